The summed E-state index contributed by atoms with van der Waals surface area (Å²) in [5.41, 5.74) is 1.02. The van der Waals surface area contributed by atoms with Gasteiger partial charge in [0.15, 0.2) is 0 Å². The highest BCUT2D eigenvalue weighted by molar-refractivity contribution is 5.96. The molecule has 3 aliphatic heterocycles. The molecular formula is C25H39N3O2. The van der Waals surface area contributed by atoms with Crippen molar-refractivity contribution in [3.05, 3.63) is 24.3 Å². The second-order valence-corrected chi connectivity index (χ2v) is 9.52. The van der Waals surface area contributed by atoms with Crippen LogP contribution in [0, 0.1) is 0 Å². The Balaban J connectivity index is 1.28. The summed E-state index contributed by atoms with van der Waals surface area (Å²) in [4.78, 5) is 19.8. The van der Waals surface area contributed by atoms with Crippen LogP contribution in [0.4, 0.5) is 5.69 Å². The predicted molar refractivity (Wildman–Crippen MR) is 122 cm³/mol. The second kappa shape index (κ2) is 10.1. The quantitative estimate of drug-likeness (QED) is 0.595. The van der Waals surface area contributed by atoms with Crippen molar-refractivity contribution in [3.8, 4) is 5.75 Å². The zero-order chi connectivity index (χ0) is 20.9. The first-order valence-corrected chi connectivity index (χ1v) is 12.1. The Morgan fingerprint density at radius 3 is 2.40 bits per heavy atom. The van der Waals surface area contributed by atoms with E-state index in [1.807, 2.05) is 17.0 Å². The van der Waals surface area contributed by atoms with Crippen LogP contribution in [0.2, 0.25) is 0 Å². The maximum absolute atomic E-state index is 12.6. The monoisotopic (exact) mass is 413 g/mol. The van der Waals surface area contributed by atoms with E-state index in [1.54, 1.807) is 0 Å². The number of nitrogens with zero attached hydrogens (tertiary/aromatic N) is 3. The molecule has 0 aliphatic carbocycles. The molecule has 1 aromatic rings. The number of ether oxygens (including phenoxy) is 1. The van der Waals surface area contributed by atoms with Crippen LogP contribution in [0.25, 0.3) is 0 Å². The summed E-state index contributed by atoms with van der Waals surface area (Å²) in [6, 6.07) is 9.84. The highest BCUT2D eigenvalue weighted by atomic mass is 16.5. The molecule has 1 aromatic carbocycles. The lowest BCUT2D eigenvalue weighted by Gasteiger charge is -2.37. The average molecular weight is 414 g/mol. The maximum atomic E-state index is 12.6. The number of rotatable bonds is 8. The molecule has 3 unspecified atom stereocenters. The van der Waals surface area contributed by atoms with Crippen molar-refractivity contribution >= 4 is 11.6 Å². The minimum atomic E-state index is 0.262. The number of carbonyl (C=O) groups excluding carboxylic acids is 1. The van der Waals surface area contributed by atoms with E-state index in [1.165, 1.54) is 45.2 Å². The Hall–Kier alpha value is -1.59. The van der Waals surface area contributed by atoms with Gasteiger partial charge in [0.05, 0.1) is 12.6 Å². The van der Waals surface area contributed by atoms with E-state index in [0.717, 1.165) is 50.0 Å². The van der Waals surface area contributed by atoms with Crippen molar-refractivity contribution in [2.24, 2.45) is 0 Å². The molecule has 3 heterocycles. The highest BCUT2D eigenvalue weighted by Gasteiger charge is 2.34. The summed E-state index contributed by atoms with van der Waals surface area (Å²) in [6.07, 6.45) is 9.26. The highest BCUT2D eigenvalue weighted by Crippen LogP contribution is 2.30. The Morgan fingerprint density at radius 2 is 1.67 bits per heavy atom. The van der Waals surface area contributed by atoms with Gasteiger partial charge in [0.25, 0.3) is 0 Å². The third kappa shape index (κ3) is 5.17. The van der Waals surface area contributed by atoms with Gasteiger partial charge in [-0.2, -0.15) is 0 Å². The molecule has 0 aromatic heterocycles. The molecule has 4 rings (SSSR count). The van der Waals surface area contributed by atoms with Crippen molar-refractivity contribution < 1.29 is 9.53 Å². The van der Waals surface area contributed by atoms with Crippen LogP contribution < -0.4 is 9.64 Å². The number of benzene rings is 1. The molecule has 0 spiro atoms. The van der Waals surface area contributed by atoms with Crippen molar-refractivity contribution in [3.63, 3.8) is 0 Å². The molecule has 0 bridgehead atoms. The van der Waals surface area contributed by atoms with E-state index in [9.17, 15) is 4.79 Å². The second-order valence-electron chi connectivity index (χ2n) is 9.52. The molecule has 0 saturated carbocycles. The van der Waals surface area contributed by atoms with E-state index in [4.69, 9.17) is 4.74 Å². The van der Waals surface area contributed by atoms with Gasteiger partial charge < -0.3 is 14.5 Å². The molecule has 0 N–H and O–H groups in total. The molecule has 30 heavy (non-hydrogen) atoms. The third-order valence-corrected chi connectivity index (χ3v) is 7.37. The molecule has 3 aliphatic rings. The van der Waals surface area contributed by atoms with Crippen LogP contribution in [-0.4, -0.2) is 66.6 Å². The maximum Gasteiger partial charge on any atom is 0.227 e. The number of piperidine rings is 1. The SMILES string of the molecule is CC1CCCN1CCCOc1ccc(N2C(=O)CCC2CN2CCCCC2C)cc1. The summed E-state index contributed by atoms with van der Waals surface area (Å²) >= 11 is 0. The zero-order valence-electron chi connectivity index (χ0n) is 18.9. The van der Waals surface area contributed by atoms with Crippen molar-refractivity contribution in [2.45, 2.75) is 83.3 Å². The fraction of sp³-hybridized carbons (Fsp3) is 0.720. The number of anilines is 1. The Morgan fingerprint density at radius 1 is 0.933 bits per heavy atom. The number of likely N-dealkylation sites (tertiary alicyclic amines) is 2. The van der Waals surface area contributed by atoms with E-state index < -0.39 is 0 Å². The van der Waals surface area contributed by atoms with Crippen LogP contribution >= 0.6 is 0 Å². The lowest BCUT2D eigenvalue weighted by molar-refractivity contribution is -0.117. The van der Waals surface area contributed by atoms with Gasteiger partial charge >= 0.3 is 0 Å². The molecule has 3 atom stereocenters. The van der Waals surface area contributed by atoms with Gasteiger partial charge in [0, 0.05) is 37.3 Å². The van der Waals surface area contributed by atoms with Crippen molar-refractivity contribution in [1.82, 2.24) is 9.80 Å². The molecule has 166 valence electrons. The normalized spacial score (nSPS) is 28.4. The van der Waals surface area contributed by atoms with Gasteiger partial charge in [-0.25, -0.2) is 0 Å². The topological polar surface area (TPSA) is 36.0 Å². The molecule has 0 radical (unpaired) electrons. The Bertz CT molecular complexity index is 692. The predicted octanol–water partition coefficient (Wildman–Crippen LogP) is 4.31. The summed E-state index contributed by atoms with van der Waals surface area (Å²) in [5, 5.41) is 0. The Labute approximate surface area is 182 Å². The summed E-state index contributed by atoms with van der Waals surface area (Å²) in [7, 11) is 0. The van der Waals surface area contributed by atoms with Crippen LogP contribution in [0.3, 0.4) is 0 Å². The first-order chi connectivity index (χ1) is 14.6. The van der Waals surface area contributed by atoms with E-state index >= 15 is 0 Å². The summed E-state index contributed by atoms with van der Waals surface area (Å²) in [6.45, 7) is 9.93. The van der Waals surface area contributed by atoms with Gasteiger partial charge in [0.2, 0.25) is 5.91 Å². The summed E-state index contributed by atoms with van der Waals surface area (Å²) in [5.74, 6) is 1.17. The van der Waals surface area contributed by atoms with E-state index in [0.29, 0.717) is 18.5 Å². The van der Waals surface area contributed by atoms with Crippen LogP contribution in [0.15, 0.2) is 24.3 Å². The summed E-state index contributed by atoms with van der Waals surface area (Å²) < 4.78 is 5.97. The zero-order valence-corrected chi connectivity index (χ0v) is 18.9. The first-order valence-electron chi connectivity index (χ1n) is 12.1. The first kappa shape index (κ1) is 21.6. The molecule has 3 fully saturated rings. The molecule has 5 heteroatoms. The number of hydrogen-bond donors (Lipinski definition) is 0. The van der Waals surface area contributed by atoms with Gasteiger partial charge in [-0.3, -0.25) is 9.69 Å². The fourth-order valence-corrected chi connectivity index (χ4v) is 5.46. The molecular weight excluding hydrogens is 374 g/mol. The van der Waals surface area contributed by atoms with Gasteiger partial charge in [-0.1, -0.05) is 6.42 Å². The molecule has 5 nitrogen and oxygen atoms in total. The number of carbonyl (C=O) groups is 1. The third-order valence-electron chi connectivity index (χ3n) is 7.37. The van der Waals surface area contributed by atoms with Crippen LogP contribution in [0.5, 0.6) is 5.75 Å². The van der Waals surface area contributed by atoms with Crippen molar-refractivity contribution in [1.29, 1.82) is 0 Å². The lowest BCUT2D eigenvalue weighted by atomic mass is 10.0. The van der Waals surface area contributed by atoms with Gasteiger partial charge in [-0.05, 0) is 89.7 Å². The number of hydrogen-bond acceptors (Lipinski definition) is 4. The Kier molecular flexibility index (Phi) is 7.32. The fourth-order valence-electron chi connectivity index (χ4n) is 5.46. The number of amides is 1. The molecule has 3 saturated heterocycles. The lowest BCUT2D eigenvalue weighted by Crippen LogP contribution is -2.47. The minimum absolute atomic E-state index is 0.262. The van der Waals surface area contributed by atoms with Crippen molar-refractivity contribution in [2.75, 3.05) is 37.7 Å². The van der Waals surface area contributed by atoms with Gasteiger partial charge in [-0.15, -0.1) is 0 Å². The smallest absolute Gasteiger partial charge is 0.227 e. The van der Waals surface area contributed by atoms with E-state index in [-0.39, 0.29) is 5.91 Å². The largest absolute Gasteiger partial charge is 0.494 e. The minimum Gasteiger partial charge on any atom is -0.494 e. The van der Waals surface area contributed by atoms with Gasteiger partial charge in [0.1, 0.15) is 5.75 Å². The van der Waals surface area contributed by atoms with Crippen LogP contribution in [-0.2, 0) is 4.79 Å². The molecule has 1 amide bonds. The standard InChI is InChI=1S/C25H39N3O2/c1-20-8-5-16-26(20)17-6-18-30-24-12-9-22(10-13-24)28-23(11-14-25(28)29)19-27-15-4-3-7-21(27)2/h9-10,12-13,20-21,23H,3-8,11,14-19H2,1-2H3. The van der Waals surface area contributed by atoms with E-state index in [2.05, 4.69) is 35.8 Å². The van der Waals surface area contributed by atoms with Crippen LogP contribution in [0.1, 0.15) is 65.2 Å². The average Bonchev–Trinajstić information content (AvgIpc) is 3.33.